The maximum atomic E-state index is 12.7. The molecule has 0 spiro atoms. The molecule has 0 fully saturated rings. The van der Waals surface area contributed by atoms with Gasteiger partial charge < -0.3 is 5.73 Å². The lowest BCUT2D eigenvalue weighted by molar-refractivity contribution is 0.0982. The van der Waals surface area contributed by atoms with Gasteiger partial charge in [-0.2, -0.15) is 5.10 Å². The first-order valence-electron chi connectivity index (χ1n) is 8.78. The first-order valence-corrected chi connectivity index (χ1v) is 8.78. The molecule has 26 heavy (non-hydrogen) atoms. The van der Waals surface area contributed by atoms with Gasteiger partial charge in [0.25, 0.3) is 0 Å². The van der Waals surface area contributed by atoms with E-state index in [2.05, 4.69) is 22.2 Å². The van der Waals surface area contributed by atoms with Gasteiger partial charge in [0.1, 0.15) is 5.82 Å². The number of ketones is 1. The smallest absolute Gasteiger partial charge is 0.166 e. The summed E-state index contributed by atoms with van der Waals surface area (Å²) in [6.45, 7) is 6.49. The normalized spacial score (nSPS) is 10.9. The van der Waals surface area contributed by atoms with Crippen molar-refractivity contribution in [3.05, 3.63) is 76.2 Å². The average Bonchev–Trinajstić information content (AvgIpc) is 2.95. The summed E-state index contributed by atoms with van der Waals surface area (Å²) in [4.78, 5) is 17.0. The van der Waals surface area contributed by atoms with Crippen molar-refractivity contribution in [3.63, 3.8) is 0 Å². The maximum absolute atomic E-state index is 12.7. The highest BCUT2D eigenvalue weighted by atomic mass is 16.1. The van der Waals surface area contributed by atoms with E-state index in [1.165, 1.54) is 0 Å². The number of anilines is 1. The van der Waals surface area contributed by atoms with Gasteiger partial charge in [-0.15, -0.1) is 0 Å². The lowest BCUT2D eigenvalue weighted by Gasteiger charge is -2.09. The number of pyridine rings is 1. The summed E-state index contributed by atoms with van der Waals surface area (Å²) in [7, 11) is 0. The van der Waals surface area contributed by atoms with E-state index in [0.29, 0.717) is 30.8 Å². The highest BCUT2D eigenvalue weighted by Gasteiger charge is 2.15. The molecular formula is C21H24N4O. The Hall–Kier alpha value is -2.95. The first kappa shape index (κ1) is 17.9. The molecule has 0 amide bonds. The van der Waals surface area contributed by atoms with Gasteiger partial charge in [0, 0.05) is 18.3 Å². The van der Waals surface area contributed by atoms with E-state index in [0.717, 1.165) is 28.1 Å². The number of hydrogen-bond donors (Lipinski definition) is 1. The van der Waals surface area contributed by atoms with E-state index in [9.17, 15) is 4.79 Å². The van der Waals surface area contributed by atoms with Crippen molar-refractivity contribution >= 4 is 11.6 Å². The summed E-state index contributed by atoms with van der Waals surface area (Å²) in [5, 5.41) is 4.50. The molecule has 3 rings (SSSR count). The van der Waals surface area contributed by atoms with Crippen molar-refractivity contribution in [3.8, 4) is 0 Å². The zero-order valence-corrected chi connectivity index (χ0v) is 15.5. The topological polar surface area (TPSA) is 73.8 Å². The number of nitrogens with two attached hydrogens (primary N) is 1. The molecule has 5 heteroatoms. The number of nitrogens with zero attached hydrogens (tertiary/aromatic N) is 3. The van der Waals surface area contributed by atoms with Crippen LogP contribution in [0.1, 0.15) is 44.9 Å². The maximum Gasteiger partial charge on any atom is 0.166 e. The third-order valence-corrected chi connectivity index (χ3v) is 4.61. The van der Waals surface area contributed by atoms with Gasteiger partial charge in [-0.3, -0.25) is 9.48 Å². The number of rotatable bonds is 6. The molecule has 2 heterocycles. The van der Waals surface area contributed by atoms with Crippen LogP contribution in [0.15, 0.2) is 42.6 Å². The van der Waals surface area contributed by atoms with Gasteiger partial charge in [0.2, 0.25) is 0 Å². The highest BCUT2D eigenvalue weighted by Crippen LogP contribution is 2.18. The number of nitrogen functional groups attached to an aromatic ring is 1. The molecule has 0 unspecified atom stereocenters. The molecule has 0 radical (unpaired) electrons. The molecule has 0 aliphatic rings. The van der Waals surface area contributed by atoms with E-state index in [-0.39, 0.29) is 5.78 Å². The Kier molecular flexibility index (Phi) is 5.16. The van der Waals surface area contributed by atoms with Crippen LogP contribution in [-0.4, -0.2) is 20.5 Å². The lowest BCUT2D eigenvalue weighted by atomic mass is 9.99. The van der Waals surface area contributed by atoms with E-state index in [4.69, 9.17) is 5.73 Å². The van der Waals surface area contributed by atoms with Crippen LogP contribution < -0.4 is 5.73 Å². The molecule has 0 aliphatic carbocycles. The summed E-state index contributed by atoms with van der Waals surface area (Å²) < 4.78 is 1.83. The Morgan fingerprint density at radius 1 is 1.12 bits per heavy atom. The standard InChI is InChI=1S/C21H24N4O/c1-14-11-21(22)23-15(2)18(14)9-10-20(26)19-13-25(24-16(19)3)12-17-7-5-4-6-8-17/h4-8,11,13H,9-10,12H2,1-3H3,(H2,22,23). The fourth-order valence-corrected chi connectivity index (χ4v) is 3.28. The molecule has 2 N–H and O–H groups in total. The van der Waals surface area contributed by atoms with E-state index in [1.807, 2.05) is 55.9 Å². The SMILES string of the molecule is Cc1cc(N)nc(C)c1CCC(=O)c1cn(Cc2ccccc2)nc1C. The zero-order chi connectivity index (χ0) is 18.7. The van der Waals surface area contributed by atoms with Gasteiger partial charge in [-0.05, 0) is 49.9 Å². The van der Waals surface area contributed by atoms with E-state index < -0.39 is 0 Å². The van der Waals surface area contributed by atoms with Crippen molar-refractivity contribution in [2.45, 2.75) is 40.2 Å². The van der Waals surface area contributed by atoms with Crippen LogP contribution in [0, 0.1) is 20.8 Å². The van der Waals surface area contributed by atoms with Gasteiger partial charge in [0.05, 0.1) is 17.8 Å². The lowest BCUT2D eigenvalue weighted by Crippen LogP contribution is -2.06. The number of aromatic nitrogens is 3. The van der Waals surface area contributed by atoms with Crippen molar-refractivity contribution in [1.82, 2.24) is 14.8 Å². The number of carbonyl (C=O) groups excluding carboxylic acids is 1. The van der Waals surface area contributed by atoms with Crippen LogP contribution in [0.2, 0.25) is 0 Å². The molecule has 0 saturated heterocycles. The van der Waals surface area contributed by atoms with Crippen LogP contribution >= 0.6 is 0 Å². The van der Waals surface area contributed by atoms with Crippen molar-refractivity contribution in [1.29, 1.82) is 0 Å². The van der Waals surface area contributed by atoms with Gasteiger partial charge >= 0.3 is 0 Å². The minimum atomic E-state index is 0.109. The van der Waals surface area contributed by atoms with Gasteiger partial charge in [0.15, 0.2) is 5.78 Å². The largest absolute Gasteiger partial charge is 0.384 e. The minimum Gasteiger partial charge on any atom is -0.384 e. The second-order valence-corrected chi connectivity index (χ2v) is 6.66. The number of aryl methyl sites for hydroxylation is 3. The molecule has 5 nitrogen and oxygen atoms in total. The molecule has 2 aromatic heterocycles. The molecule has 0 bridgehead atoms. The van der Waals surface area contributed by atoms with Crippen LogP contribution in [0.4, 0.5) is 5.82 Å². The third kappa shape index (κ3) is 3.99. The summed E-state index contributed by atoms with van der Waals surface area (Å²) in [5.41, 5.74) is 11.5. The fourth-order valence-electron chi connectivity index (χ4n) is 3.28. The summed E-state index contributed by atoms with van der Waals surface area (Å²) in [6, 6.07) is 12.0. The monoisotopic (exact) mass is 348 g/mol. The molecule has 0 atom stereocenters. The van der Waals surface area contributed by atoms with Crippen LogP contribution in [0.25, 0.3) is 0 Å². The average molecular weight is 348 g/mol. The summed E-state index contributed by atoms with van der Waals surface area (Å²) in [6.07, 6.45) is 2.95. The summed E-state index contributed by atoms with van der Waals surface area (Å²) in [5.74, 6) is 0.630. The molecule has 1 aromatic carbocycles. The highest BCUT2D eigenvalue weighted by molar-refractivity contribution is 5.97. The number of hydrogen-bond acceptors (Lipinski definition) is 4. The van der Waals surface area contributed by atoms with Crippen molar-refractivity contribution in [2.75, 3.05) is 5.73 Å². The second-order valence-electron chi connectivity index (χ2n) is 6.66. The van der Waals surface area contributed by atoms with Crippen molar-refractivity contribution < 1.29 is 4.79 Å². The van der Waals surface area contributed by atoms with Crippen molar-refractivity contribution in [2.24, 2.45) is 0 Å². The predicted molar refractivity (Wildman–Crippen MR) is 103 cm³/mol. The molecule has 0 saturated carbocycles. The Morgan fingerprint density at radius 3 is 2.54 bits per heavy atom. The van der Waals surface area contributed by atoms with Crippen LogP contribution in [-0.2, 0) is 13.0 Å². The molecular weight excluding hydrogens is 324 g/mol. The molecule has 134 valence electrons. The van der Waals surface area contributed by atoms with Crippen LogP contribution in [0.5, 0.6) is 0 Å². The van der Waals surface area contributed by atoms with E-state index in [1.54, 1.807) is 0 Å². The van der Waals surface area contributed by atoms with Crippen LogP contribution in [0.3, 0.4) is 0 Å². The van der Waals surface area contributed by atoms with Gasteiger partial charge in [-0.25, -0.2) is 4.98 Å². The number of benzene rings is 1. The molecule has 3 aromatic rings. The molecule has 0 aliphatic heterocycles. The number of Topliss-reactive ketones (excluding diaryl/α,β-unsaturated/α-hetero) is 1. The fraction of sp³-hybridized carbons (Fsp3) is 0.286. The summed E-state index contributed by atoms with van der Waals surface area (Å²) >= 11 is 0. The predicted octanol–water partition coefficient (Wildman–Crippen LogP) is 3.65. The Bertz CT molecular complexity index is 905. The second kappa shape index (κ2) is 7.52. The van der Waals surface area contributed by atoms with Gasteiger partial charge in [-0.1, -0.05) is 30.3 Å². The Balaban J connectivity index is 1.71. The quantitative estimate of drug-likeness (QED) is 0.690. The third-order valence-electron chi connectivity index (χ3n) is 4.61. The zero-order valence-electron chi connectivity index (χ0n) is 15.5. The Morgan fingerprint density at radius 2 is 1.85 bits per heavy atom. The minimum absolute atomic E-state index is 0.109. The first-order chi connectivity index (χ1) is 12.4. The Labute approximate surface area is 153 Å². The van der Waals surface area contributed by atoms with E-state index >= 15 is 0 Å². The number of carbonyl (C=O) groups is 1.